The van der Waals surface area contributed by atoms with E-state index in [1.54, 1.807) is 13.8 Å². The second kappa shape index (κ2) is 7.30. The van der Waals surface area contributed by atoms with Gasteiger partial charge in [0.15, 0.2) is 0 Å². The lowest BCUT2D eigenvalue weighted by atomic mass is 9.92. The van der Waals surface area contributed by atoms with E-state index in [4.69, 9.17) is 5.11 Å². The molecule has 0 aromatic heterocycles. The van der Waals surface area contributed by atoms with E-state index in [0.717, 1.165) is 12.8 Å². The van der Waals surface area contributed by atoms with E-state index < -0.39 is 17.8 Å². The van der Waals surface area contributed by atoms with Gasteiger partial charge < -0.3 is 10.4 Å². The minimum absolute atomic E-state index is 0.0981. The Morgan fingerprint density at radius 1 is 1.06 bits per heavy atom. The number of hydrogen-bond acceptors (Lipinski definition) is 2. The first-order valence-electron chi connectivity index (χ1n) is 6.38. The van der Waals surface area contributed by atoms with Crippen LogP contribution in [0.3, 0.4) is 0 Å². The molecule has 3 unspecified atom stereocenters. The van der Waals surface area contributed by atoms with Crippen LogP contribution in [0.15, 0.2) is 0 Å². The summed E-state index contributed by atoms with van der Waals surface area (Å²) in [5.74, 6) is -1.79. The Balaban J connectivity index is 4.38. The van der Waals surface area contributed by atoms with Crippen LogP contribution in [0.1, 0.15) is 47.5 Å². The zero-order chi connectivity index (χ0) is 13.6. The van der Waals surface area contributed by atoms with Crippen LogP contribution in [0.25, 0.3) is 0 Å². The van der Waals surface area contributed by atoms with Gasteiger partial charge in [-0.25, -0.2) is 0 Å². The third-order valence-corrected chi connectivity index (χ3v) is 3.68. The highest BCUT2D eigenvalue weighted by molar-refractivity contribution is 5.84. The van der Waals surface area contributed by atoms with Crippen molar-refractivity contribution in [3.63, 3.8) is 0 Å². The largest absolute Gasteiger partial charge is 0.481 e. The summed E-state index contributed by atoms with van der Waals surface area (Å²) in [6.07, 6.45) is 2.03. The number of carboxylic acid groups (broad SMARTS) is 1. The van der Waals surface area contributed by atoms with Crippen molar-refractivity contribution in [1.29, 1.82) is 0 Å². The van der Waals surface area contributed by atoms with Crippen LogP contribution in [-0.2, 0) is 9.59 Å². The summed E-state index contributed by atoms with van der Waals surface area (Å²) < 4.78 is 0. The molecule has 17 heavy (non-hydrogen) atoms. The summed E-state index contributed by atoms with van der Waals surface area (Å²) in [5, 5.41) is 11.8. The van der Waals surface area contributed by atoms with Crippen molar-refractivity contribution in [2.45, 2.75) is 53.5 Å². The average Bonchev–Trinajstić information content (AvgIpc) is 2.28. The molecule has 1 amide bonds. The molecule has 0 fully saturated rings. The van der Waals surface area contributed by atoms with Crippen LogP contribution in [-0.4, -0.2) is 23.0 Å². The number of carbonyl (C=O) groups excluding carboxylic acids is 1. The number of carbonyl (C=O) groups is 2. The fraction of sp³-hybridized carbons (Fsp3) is 0.846. The first kappa shape index (κ1) is 15.9. The van der Waals surface area contributed by atoms with Crippen LogP contribution < -0.4 is 5.32 Å². The Morgan fingerprint density at radius 3 is 1.88 bits per heavy atom. The van der Waals surface area contributed by atoms with Gasteiger partial charge in [0.25, 0.3) is 0 Å². The predicted molar refractivity (Wildman–Crippen MR) is 67.6 cm³/mol. The highest BCUT2D eigenvalue weighted by Crippen LogP contribution is 2.15. The van der Waals surface area contributed by atoms with Crippen molar-refractivity contribution in [3.05, 3.63) is 0 Å². The fourth-order valence-electron chi connectivity index (χ4n) is 1.91. The van der Waals surface area contributed by atoms with Gasteiger partial charge in [-0.15, -0.1) is 0 Å². The van der Waals surface area contributed by atoms with Crippen molar-refractivity contribution in [1.82, 2.24) is 5.32 Å². The number of amides is 1. The number of nitrogens with one attached hydrogen (secondary N) is 1. The lowest BCUT2D eigenvalue weighted by Gasteiger charge is -2.25. The molecule has 4 nitrogen and oxygen atoms in total. The average molecular weight is 243 g/mol. The summed E-state index contributed by atoms with van der Waals surface area (Å²) in [6.45, 7) is 9.40. The van der Waals surface area contributed by atoms with Gasteiger partial charge in [-0.2, -0.15) is 0 Å². The standard InChI is InChI=1S/C13H25NO3/c1-6-11(7-2)10(5)14-12(15)8(3)9(4)13(16)17/h8-11H,6-7H2,1-5H3,(H,14,15)(H,16,17). The van der Waals surface area contributed by atoms with E-state index in [-0.39, 0.29) is 11.9 Å². The van der Waals surface area contributed by atoms with Gasteiger partial charge >= 0.3 is 5.97 Å². The molecule has 0 heterocycles. The SMILES string of the molecule is CCC(CC)C(C)NC(=O)C(C)C(C)C(=O)O. The van der Waals surface area contributed by atoms with Gasteiger partial charge in [-0.1, -0.05) is 40.5 Å². The predicted octanol–water partition coefficient (Wildman–Crippen LogP) is 2.28. The Hall–Kier alpha value is -1.06. The Labute approximate surface area is 104 Å². The molecule has 100 valence electrons. The minimum Gasteiger partial charge on any atom is -0.481 e. The molecule has 2 N–H and O–H groups in total. The molecule has 0 rings (SSSR count). The molecule has 0 saturated heterocycles. The molecule has 0 aliphatic heterocycles. The zero-order valence-electron chi connectivity index (χ0n) is 11.5. The zero-order valence-corrected chi connectivity index (χ0v) is 11.5. The van der Waals surface area contributed by atoms with E-state index in [0.29, 0.717) is 5.92 Å². The first-order valence-corrected chi connectivity index (χ1v) is 6.38. The molecule has 4 heteroatoms. The van der Waals surface area contributed by atoms with Crippen molar-refractivity contribution < 1.29 is 14.7 Å². The molecular weight excluding hydrogens is 218 g/mol. The molecule has 0 aliphatic rings. The smallest absolute Gasteiger partial charge is 0.307 e. The molecular formula is C13H25NO3. The molecule has 0 spiro atoms. The van der Waals surface area contributed by atoms with Crippen LogP contribution in [0, 0.1) is 17.8 Å². The number of aliphatic carboxylic acids is 1. The van der Waals surface area contributed by atoms with Crippen molar-refractivity contribution >= 4 is 11.9 Å². The maximum Gasteiger partial charge on any atom is 0.307 e. The van der Waals surface area contributed by atoms with Gasteiger partial charge in [-0.05, 0) is 12.8 Å². The van der Waals surface area contributed by atoms with E-state index in [1.165, 1.54) is 0 Å². The second-order valence-corrected chi connectivity index (χ2v) is 4.79. The minimum atomic E-state index is -0.928. The first-order chi connectivity index (χ1) is 7.84. The van der Waals surface area contributed by atoms with Gasteiger partial charge in [-0.3, -0.25) is 9.59 Å². The third-order valence-electron chi connectivity index (χ3n) is 3.68. The molecule has 0 aliphatic carbocycles. The van der Waals surface area contributed by atoms with E-state index in [1.807, 2.05) is 6.92 Å². The monoisotopic (exact) mass is 243 g/mol. The molecule has 3 atom stereocenters. The highest BCUT2D eigenvalue weighted by Gasteiger charge is 2.27. The number of hydrogen-bond donors (Lipinski definition) is 2. The van der Waals surface area contributed by atoms with Crippen LogP contribution in [0.4, 0.5) is 0 Å². The molecule has 0 bridgehead atoms. The number of rotatable bonds is 7. The summed E-state index contributed by atoms with van der Waals surface area (Å²) in [6, 6.07) is 0.0981. The quantitative estimate of drug-likeness (QED) is 0.721. The van der Waals surface area contributed by atoms with Gasteiger partial charge in [0.2, 0.25) is 5.91 Å². The Kier molecular flexibility index (Phi) is 6.85. The van der Waals surface area contributed by atoms with Crippen LogP contribution >= 0.6 is 0 Å². The van der Waals surface area contributed by atoms with E-state index in [9.17, 15) is 9.59 Å². The molecule has 0 saturated carbocycles. The second-order valence-electron chi connectivity index (χ2n) is 4.79. The maximum atomic E-state index is 11.9. The van der Waals surface area contributed by atoms with Gasteiger partial charge in [0.1, 0.15) is 0 Å². The highest BCUT2D eigenvalue weighted by atomic mass is 16.4. The van der Waals surface area contributed by atoms with Crippen molar-refractivity contribution in [3.8, 4) is 0 Å². The molecule has 0 aromatic carbocycles. The summed E-state index contributed by atoms with van der Waals surface area (Å²) in [7, 11) is 0. The van der Waals surface area contributed by atoms with Crippen molar-refractivity contribution in [2.75, 3.05) is 0 Å². The van der Waals surface area contributed by atoms with Gasteiger partial charge in [0.05, 0.1) is 5.92 Å². The van der Waals surface area contributed by atoms with Crippen LogP contribution in [0.5, 0.6) is 0 Å². The van der Waals surface area contributed by atoms with Crippen molar-refractivity contribution in [2.24, 2.45) is 17.8 Å². The number of carboxylic acids is 1. The lowest BCUT2D eigenvalue weighted by Crippen LogP contribution is -2.43. The van der Waals surface area contributed by atoms with Crippen LogP contribution in [0.2, 0.25) is 0 Å². The maximum absolute atomic E-state index is 11.9. The lowest BCUT2D eigenvalue weighted by molar-refractivity contribution is -0.146. The van der Waals surface area contributed by atoms with E-state index in [2.05, 4.69) is 19.2 Å². The Morgan fingerprint density at radius 2 is 1.53 bits per heavy atom. The Bertz CT molecular complexity index is 261. The summed E-state index contributed by atoms with van der Waals surface area (Å²) in [5.41, 5.74) is 0. The normalized spacial score (nSPS) is 16.4. The fourth-order valence-corrected chi connectivity index (χ4v) is 1.91. The van der Waals surface area contributed by atoms with Gasteiger partial charge in [0, 0.05) is 12.0 Å². The molecule has 0 radical (unpaired) electrons. The summed E-state index contributed by atoms with van der Waals surface area (Å²) in [4.78, 5) is 22.7. The molecule has 0 aromatic rings. The third kappa shape index (κ3) is 4.75. The summed E-state index contributed by atoms with van der Waals surface area (Å²) >= 11 is 0. The van der Waals surface area contributed by atoms with E-state index >= 15 is 0 Å². The topological polar surface area (TPSA) is 66.4 Å².